The molecule has 0 aliphatic carbocycles. The Morgan fingerprint density at radius 3 is 2.10 bits per heavy atom. The highest BCUT2D eigenvalue weighted by molar-refractivity contribution is 8.03. The molecule has 20 heavy (non-hydrogen) atoms. The van der Waals surface area contributed by atoms with Crippen LogP contribution in [0.5, 0.6) is 0 Å². The van der Waals surface area contributed by atoms with Gasteiger partial charge in [0.05, 0.1) is 6.07 Å². The average Bonchev–Trinajstić information content (AvgIpc) is 2.26. The molecule has 0 spiro atoms. The number of benzene rings is 1. The van der Waals surface area contributed by atoms with Crippen molar-refractivity contribution in [3.63, 3.8) is 0 Å². The highest BCUT2D eigenvalue weighted by Crippen LogP contribution is 2.47. The van der Waals surface area contributed by atoms with Crippen molar-refractivity contribution in [3.05, 3.63) is 23.8 Å². The molecular weight excluding hydrogens is 324 g/mol. The number of nitrogens with zero attached hydrogens (tertiary/aromatic N) is 1. The molecule has 1 rings (SSSR count). The summed E-state index contributed by atoms with van der Waals surface area (Å²) in [6, 6.07) is 5.29. The van der Waals surface area contributed by atoms with Crippen LogP contribution in [0.25, 0.3) is 0 Å². The van der Waals surface area contributed by atoms with E-state index in [9.17, 15) is 26.3 Å². The van der Waals surface area contributed by atoms with Crippen LogP contribution in [-0.4, -0.2) is 11.0 Å². The minimum atomic E-state index is -4.69. The van der Waals surface area contributed by atoms with Crippen LogP contribution in [0, 0.1) is 11.3 Å². The first kappa shape index (κ1) is 17.0. The second-order valence-electron chi connectivity index (χ2n) is 3.50. The zero-order valence-corrected chi connectivity index (χ0v) is 11.3. The van der Waals surface area contributed by atoms with Crippen molar-refractivity contribution in [1.82, 2.24) is 0 Å². The van der Waals surface area contributed by atoms with Crippen molar-refractivity contribution in [1.29, 1.82) is 5.26 Å². The zero-order valence-electron chi connectivity index (χ0n) is 9.68. The van der Waals surface area contributed by atoms with E-state index in [0.717, 1.165) is 6.07 Å². The third kappa shape index (κ3) is 5.96. The number of halogens is 6. The number of hydrogen-bond donors (Lipinski definition) is 0. The van der Waals surface area contributed by atoms with Crippen LogP contribution in [0.15, 0.2) is 28.0 Å². The van der Waals surface area contributed by atoms with Crippen molar-refractivity contribution in [2.24, 2.45) is 0 Å². The molecular formula is C11H7F6NS2. The Morgan fingerprint density at radius 1 is 1.00 bits per heavy atom. The average molecular weight is 331 g/mol. The molecule has 0 aromatic heterocycles. The van der Waals surface area contributed by atoms with E-state index in [-0.39, 0.29) is 18.4 Å². The lowest BCUT2D eigenvalue weighted by atomic mass is 10.1. The summed E-state index contributed by atoms with van der Waals surface area (Å²) in [5.41, 5.74) is -9.28. The number of alkyl halides is 6. The summed E-state index contributed by atoms with van der Waals surface area (Å²) < 4.78 is 74.5. The zero-order chi connectivity index (χ0) is 15.4. The minimum absolute atomic E-state index is 0.0266. The van der Waals surface area contributed by atoms with Crippen molar-refractivity contribution >= 4 is 23.5 Å². The van der Waals surface area contributed by atoms with Gasteiger partial charge in [-0.15, -0.1) is 0 Å². The largest absolute Gasteiger partial charge is 0.446 e. The lowest BCUT2D eigenvalue weighted by Crippen LogP contribution is -2.05. The van der Waals surface area contributed by atoms with Gasteiger partial charge in [-0.3, -0.25) is 0 Å². The van der Waals surface area contributed by atoms with Gasteiger partial charge in [0, 0.05) is 16.2 Å². The Morgan fingerprint density at radius 2 is 1.60 bits per heavy atom. The smallest absolute Gasteiger partial charge is 0.198 e. The molecule has 1 nitrogen and oxygen atoms in total. The SMILES string of the molecule is N#CCCc1cccc(SC(F)(F)F)c1SC(F)(F)F. The second-order valence-corrected chi connectivity index (χ2v) is 5.68. The molecule has 0 heterocycles. The summed E-state index contributed by atoms with van der Waals surface area (Å²) in [5.74, 6) is 0. The molecule has 0 saturated carbocycles. The molecule has 0 bridgehead atoms. The van der Waals surface area contributed by atoms with Crippen LogP contribution in [0.3, 0.4) is 0 Å². The van der Waals surface area contributed by atoms with Gasteiger partial charge >= 0.3 is 11.0 Å². The van der Waals surface area contributed by atoms with E-state index in [0.29, 0.717) is 0 Å². The van der Waals surface area contributed by atoms with E-state index < -0.39 is 44.3 Å². The van der Waals surface area contributed by atoms with Crippen molar-refractivity contribution in [3.8, 4) is 6.07 Å². The van der Waals surface area contributed by atoms with E-state index in [1.165, 1.54) is 12.1 Å². The summed E-state index contributed by atoms with van der Waals surface area (Å²) >= 11 is -1.17. The number of rotatable bonds is 4. The molecule has 1 aromatic rings. The summed E-state index contributed by atoms with van der Waals surface area (Å²) in [6.45, 7) is 0. The fourth-order valence-corrected chi connectivity index (χ4v) is 2.96. The Balaban J connectivity index is 3.18. The molecule has 0 saturated heterocycles. The fraction of sp³-hybridized carbons (Fsp3) is 0.364. The summed E-state index contributed by atoms with van der Waals surface area (Å²) in [5, 5.41) is 8.44. The molecule has 0 N–H and O–H groups in total. The standard InChI is InChI=1S/C11H7F6NS2/c12-10(13,14)19-8-5-1-3-7(4-2-6-18)9(8)20-11(15,16)17/h1,3,5H,2,4H2. The molecule has 1 aromatic carbocycles. The highest BCUT2D eigenvalue weighted by atomic mass is 32.2. The predicted octanol–water partition coefficient (Wildman–Crippen LogP) is 5.37. The van der Waals surface area contributed by atoms with Crippen molar-refractivity contribution < 1.29 is 26.3 Å². The van der Waals surface area contributed by atoms with Crippen LogP contribution in [0.2, 0.25) is 0 Å². The van der Waals surface area contributed by atoms with Gasteiger partial charge in [-0.1, -0.05) is 12.1 Å². The van der Waals surface area contributed by atoms with Gasteiger partial charge < -0.3 is 0 Å². The van der Waals surface area contributed by atoms with Crippen LogP contribution < -0.4 is 0 Å². The third-order valence-corrected chi connectivity index (χ3v) is 3.85. The van der Waals surface area contributed by atoms with Gasteiger partial charge in [0.15, 0.2) is 0 Å². The molecule has 0 aliphatic rings. The maximum atomic E-state index is 12.5. The molecule has 0 aliphatic heterocycles. The molecule has 0 radical (unpaired) electrons. The van der Waals surface area contributed by atoms with Crippen LogP contribution >= 0.6 is 23.5 Å². The van der Waals surface area contributed by atoms with Gasteiger partial charge in [0.25, 0.3) is 0 Å². The van der Waals surface area contributed by atoms with Crippen LogP contribution in [-0.2, 0) is 6.42 Å². The normalized spacial score (nSPS) is 12.2. The van der Waals surface area contributed by atoms with E-state index in [2.05, 4.69) is 0 Å². The molecule has 0 fully saturated rings. The van der Waals surface area contributed by atoms with E-state index >= 15 is 0 Å². The predicted molar refractivity (Wildman–Crippen MR) is 64.2 cm³/mol. The molecule has 0 unspecified atom stereocenters. The highest BCUT2D eigenvalue weighted by Gasteiger charge is 2.35. The molecule has 9 heteroatoms. The second kappa shape index (κ2) is 6.63. The summed E-state index contributed by atoms with van der Waals surface area (Å²) in [7, 11) is 0. The molecule has 0 amide bonds. The number of aryl methyl sites for hydroxylation is 1. The topological polar surface area (TPSA) is 23.8 Å². The van der Waals surface area contributed by atoms with E-state index in [1.54, 1.807) is 6.07 Å². The first-order valence-electron chi connectivity index (χ1n) is 5.13. The van der Waals surface area contributed by atoms with Crippen LogP contribution in [0.1, 0.15) is 12.0 Å². The van der Waals surface area contributed by atoms with Gasteiger partial charge in [0.2, 0.25) is 0 Å². The molecule has 110 valence electrons. The van der Waals surface area contributed by atoms with E-state index in [1.807, 2.05) is 0 Å². The van der Waals surface area contributed by atoms with Gasteiger partial charge in [-0.25, -0.2) is 0 Å². The monoisotopic (exact) mass is 331 g/mol. The first-order valence-corrected chi connectivity index (χ1v) is 6.76. The van der Waals surface area contributed by atoms with Gasteiger partial charge in [0.1, 0.15) is 0 Å². The minimum Gasteiger partial charge on any atom is -0.198 e. The first-order chi connectivity index (χ1) is 9.12. The van der Waals surface area contributed by atoms with Crippen molar-refractivity contribution in [2.45, 2.75) is 33.6 Å². The number of hydrogen-bond acceptors (Lipinski definition) is 3. The Bertz CT molecular complexity index is 503. The van der Waals surface area contributed by atoms with Crippen molar-refractivity contribution in [2.75, 3.05) is 0 Å². The molecule has 0 atom stereocenters. The van der Waals surface area contributed by atoms with Gasteiger partial charge in [-0.05, 0) is 41.6 Å². The summed E-state index contributed by atoms with van der Waals surface area (Å²) in [4.78, 5) is -0.993. The lowest BCUT2D eigenvalue weighted by Gasteiger charge is -2.15. The van der Waals surface area contributed by atoms with Gasteiger partial charge in [-0.2, -0.15) is 31.6 Å². The Labute approximate surface area is 119 Å². The number of nitriles is 1. The maximum Gasteiger partial charge on any atom is 0.446 e. The van der Waals surface area contributed by atoms with Crippen LogP contribution in [0.4, 0.5) is 26.3 Å². The Hall–Kier alpha value is -1.01. The maximum absolute atomic E-state index is 12.5. The Kier molecular flexibility index (Phi) is 5.65. The lowest BCUT2D eigenvalue weighted by molar-refractivity contribution is -0.0346. The summed E-state index contributed by atoms with van der Waals surface area (Å²) in [6.07, 6.45) is -0.0906. The van der Waals surface area contributed by atoms with E-state index in [4.69, 9.17) is 5.26 Å². The quantitative estimate of drug-likeness (QED) is 0.548. The fourth-order valence-electron chi connectivity index (χ4n) is 1.39. The third-order valence-electron chi connectivity index (χ3n) is 2.01. The number of thioether (sulfide) groups is 2.